The second-order valence-corrected chi connectivity index (χ2v) is 5.96. The van der Waals surface area contributed by atoms with Crippen LogP contribution in [0.15, 0.2) is 0 Å². The van der Waals surface area contributed by atoms with Crippen LogP contribution in [0.3, 0.4) is 0 Å². The molecule has 1 fully saturated rings. The SMILES string of the molecule is COC(=O)C1O[C@@H](OCCCCl)C(OC(C)=O)C(OC(C)=O)[C@@H]1OC(C)=O. The lowest BCUT2D eigenvalue weighted by atomic mass is 9.97. The zero-order valence-corrected chi connectivity index (χ0v) is 16.2. The van der Waals surface area contributed by atoms with E-state index < -0.39 is 54.6 Å². The van der Waals surface area contributed by atoms with Gasteiger partial charge in [0.25, 0.3) is 0 Å². The van der Waals surface area contributed by atoms with E-state index in [1.54, 1.807) is 0 Å². The number of methoxy groups -OCH3 is 1. The van der Waals surface area contributed by atoms with Crippen LogP contribution >= 0.6 is 11.6 Å². The fraction of sp³-hybridized carbons (Fsp3) is 0.750. The summed E-state index contributed by atoms with van der Waals surface area (Å²) in [4.78, 5) is 46.7. The van der Waals surface area contributed by atoms with Gasteiger partial charge in [-0.1, -0.05) is 0 Å². The van der Waals surface area contributed by atoms with Gasteiger partial charge in [-0.15, -0.1) is 11.6 Å². The lowest BCUT2D eigenvalue weighted by Gasteiger charge is -2.43. The van der Waals surface area contributed by atoms with Crippen molar-refractivity contribution < 1.29 is 47.6 Å². The lowest BCUT2D eigenvalue weighted by Crippen LogP contribution is -2.63. The van der Waals surface area contributed by atoms with Crippen molar-refractivity contribution in [2.24, 2.45) is 0 Å². The average Bonchev–Trinajstić information content (AvgIpc) is 2.57. The molecule has 1 aliphatic heterocycles. The molecule has 1 rings (SSSR count). The summed E-state index contributed by atoms with van der Waals surface area (Å²) in [6, 6.07) is 0. The third kappa shape index (κ3) is 6.96. The van der Waals surface area contributed by atoms with Crippen molar-refractivity contribution in [1.29, 1.82) is 0 Å². The number of hydrogen-bond donors (Lipinski definition) is 0. The van der Waals surface area contributed by atoms with Gasteiger partial charge in [-0.05, 0) is 6.42 Å². The summed E-state index contributed by atoms with van der Waals surface area (Å²) in [5.74, 6) is -2.82. The van der Waals surface area contributed by atoms with Crippen LogP contribution in [0.25, 0.3) is 0 Å². The number of carbonyl (C=O) groups excluding carboxylic acids is 4. The molecule has 0 aromatic carbocycles. The first-order valence-corrected chi connectivity index (χ1v) is 8.67. The molecule has 0 aromatic heterocycles. The van der Waals surface area contributed by atoms with Crippen LogP contribution in [0.1, 0.15) is 27.2 Å². The Hall–Kier alpha value is -1.91. The fourth-order valence-electron chi connectivity index (χ4n) is 2.47. The highest BCUT2D eigenvalue weighted by Gasteiger charge is 2.55. The van der Waals surface area contributed by atoms with Crippen LogP contribution in [-0.2, 0) is 47.6 Å². The molecule has 3 unspecified atom stereocenters. The highest BCUT2D eigenvalue weighted by Crippen LogP contribution is 2.30. The number of rotatable bonds is 8. The Morgan fingerprint density at radius 2 is 1.41 bits per heavy atom. The van der Waals surface area contributed by atoms with E-state index in [2.05, 4.69) is 4.74 Å². The quantitative estimate of drug-likeness (QED) is 0.239. The van der Waals surface area contributed by atoms with E-state index in [4.69, 9.17) is 35.3 Å². The lowest BCUT2D eigenvalue weighted by molar-refractivity contribution is -0.301. The van der Waals surface area contributed by atoms with Gasteiger partial charge in [0, 0.05) is 26.7 Å². The molecule has 0 amide bonds. The molecule has 27 heavy (non-hydrogen) atoms. The second kappa shape index (κ2) is 11.1. The average molecular weight is 411 g/mol. The largest absolute Gasteiger partial charge is 0.467 e. The molecule has 1 saturated heterocycles. The van der Waals surface area contributed by atoms with Gasteiger partial charge >= 0.3 is 23.9 Å². The van der Waals surface area contributed by atoms with E-state index in [1.165, 1.54) is 0 Å². The molecule has 0 aromatic rings. The van der Waals surface area contributed by atoms with Crippen molar-refractivity contribution in [3.63, 3.8) is 0 Å². The van der Waals surface area contributed by atoms with E-state index in [-0.39, 0.29) is 6.61 Å². The summed E-state index contributed by atoms with van der Waals surface area (Å²) in [6.07, 6.45) is -6.34. The zero-order chi connectivity index (χ0) is 20.6. The van der Waals surface area contributed by atoms with Gasteiger partial charge in [0.15, 0.2) is 30.7 Å². The summed E-state index contributed by atoms with van der Waals surface area (Å²) >= 11 is 5.61. The monoisotopic (exact) mass is 410 g/mol. The van der Waals surface area contributed by atoms with Crippen LogP contribution < -0.4 is 0 Å². The van der Waals surface area contributed by atoms with E-state index in [1.807, 2.05) is 0 Å². The van der Waals surface area contributed by atoms with Crippen molar-refractivity contribution in [3.8, 4) is 0 Å². The maximum Gasteiger partial charge on any atom is 0.339 e. The third-order valence-corrected chi connectivity index (χ3v) is 3.66. The summed E-state index contributed by atoms with van der Waals surface area (Å²) in [5.41, 5.74) is 0. The maximum absolute atomic E-state index is 12.1. The van der Waals surface area contributed by atoms with E-state index in [0.717, 1.165) is 27.9 Å². The van der Waals surface area contributed by atoms with Gasteiger partial charge in [-0.25, -0.2) is 4.79 Å². The van der Waals surface area contributed by atoms with Crippen molar-refractivity contribution in [2.75, 3.05) is 19.6 Å². The molecule has 0 N–H and O–H groups in total. The minimum Gasteiger partial charge on any atom is -0.467 e. The van der Waals surface area contributed by atoms with Gasteiger partial charge in [0.05, 0.1) is 13.7 Å². The van der Waals surface area contributed by atoms with Crippen LogP contribution in [0.4, 0.5) is 0 Å². The molecule has 0 bridgehead atoms. The Labute approximate surface area is 161 Å². The molecule has 0 radical (unpaired) electrons. The van der Waals surface area contributed by atoms with Gasteiger partial charge < -0.3 is 28.4 Å². The highest BCUT2D eigenvalue weighted by atomic mass is 35.5. The smallest absolute Gasteiger partial charge is 0.339 e. The van der Waals surface area contributed by atoms with Crippen molar-refractivity contribution in [2.45, 2.75) is 57.9 Å². The summed E-state index contributed by atoms with van der Waals surface area (Å²) < 4.78 is 31.2. The molecule has 1 heterocycles. The van der Waals surface area contributed by atoms with Crippen molar-refractivity contribution >= 4 is 35.5 Å². The molecular weight excluding hydrogens is 388 g/mol. The molecule has 154 valence electrons. The highest BCUT2D eigenvalue weighted by molar-refractivity contribution is 6.17. The second-order valence-electron chi connectivity index (χ2n) is 5.58. The predicted octanol–water partition coefficient (Wildman–Crippen LogP) is 0.325. The Morgan fingerprint density at radius 1 is 0.889 bits per heavy atom. The first-order chi connectivity index (χ1) is 12.7. The molecule has 10 nitrogen and oxygen atoms in total. The standard InChI is InChI=1S/C16H23ClO10/c1-8(18)24-11-12(25-9(2)19)14(26-10(3)20)16(23-7-5-6-17)27-13(11)15(21)22-4/h11-14,16H,5-7H2,1-4H3/t11-,12?,13?,14?,16+/m0/s1. The van der Waals surface area contributed by atoms with Crippen molar-refractivity contribution in [3.05, 3.63) is 0 Å². The number of alkyl halides is 1. The van der Waals surface area contributed by atoms with Crippen LogP contribution in [-0.4, -0.2) is 74.2 Å². The molecule has 0 aliphatic carbocycles. The first kappa shape index (κ1) is 23.1. The van der Waals surface area contributed by atoms with Crippen molar-refractivity contribution in [1.82, 2.24) is 0 Å². The normalized spacial score (nSPS) is 27.4. The van der Waals surface area contributed by atoms with E-state index in [9.17, 15) is 19.2 Å². The van der Waals surface area contributed by atoms with Gasteiger partial charge in [-0.2, -0.15) is 0 Å². The molecule has 11 heteroatoms. The number of esters is 4. The number of halogens is 1. The van der Waals surface area contributed by atoms with Crippen LogP contribution in [0, 0.1) is 0 Å². The van der Waals surface area contributed by atoms with E-state index >= 15 is 0 Å². The molecule has 1 aliphatic rings. The number of carbonyl (C=O) groups is 4. The summed E-state index contributed by atoms with van der Waals surface area (Å²) in [6.45, 7) is 3.46. The Bertz CT molecular complexity index is 551. The van der Waals surface area contributed by atoms with Crippen LogP contribution in [0.5, 0.6) is 0 Å². The molecule has 5 atom stereocenters. The molecular formula is C16H23ClO10. The number of ether oxygens (including phenoxy) is 6. The summed E-state index contributed by atoms with van der Waals surface area (Å²) in [7, 11) is 1.11. The number of hydrogen-bond acceptors (Lipinski definition) is 10. The summed E-state index contributed by atoms with van der Waals surface area (Å²) in [5, 5.41) is 0. The Morgan fingerprint density at radius 3 is 1.89 bits per heavy atom. The Balaban J connectivity index is 3.27. The van der Waals surface area contributed by atoms with Gasteiger partial charge in [0.2, 0.25) is 0 Å². The minimum absolute atomic E-state index is 0.116. The zero-order valence-electron chi connectivity index (χ0n) is 15.5. The topological polar surface area (TPSA) is 124 Å². The van der Waals surface area contributed by atoms with E-state index in [0.29, 0.717) is 12.3 Å². The van der Waals surface area contributed by atoms with Gasteiger partial charge in [0.1, 0.15) is 0 Å². The van der Waals surface area contributed by atoms with Gasteiger partial charge in [-0.3, -0.25) is 14.4 Å². The molecule has 0 saturated carbocycles. The fourth-order valence-corrected chi connectivity index (χ4v) is 2.58. The minimum atomic E-state index is -1.46. The predicted molar refractivity (Wildman–Crippen MR) is 88.6 cm³/mol. The molecule has 0 spiro atoms. The third-order valence-electron chi connectivity index (χ3n) is 3.39. The van der Waals surface area contributed by atoms with Crippen LogP contribution in [0.2, 0.25) is 0 Å². The Kier molecular flexibility index (Phi) is 9.47. The maximum atomic E-state index is 12.1. The first-order valence-electron chi connectivity index (χ1n) is 8.13.